The topological polar surface area (TPSA) is 37.3 Å². The van der Waals surface area contributed by atoms with Crippen LogP contribution in [-0.4, -0.2) is 11.2 Å². The highest BCUT2D eigenvalue weighted by Crippen LogP contribution is 2.28. The van der Waals surface area contributed by atoms with Crippen LogP contribution in [0.15, 0.2) is 77.7 Å². The number of hydrogen-bond donors (Lipinski definition) is 1. The van der Waals surface area contributed by atoms with Crippen LogP contribution in [0, 0.1) is 0 Å². The molecule has 0 saturated heterocycles. The van der Waals surface area contributed by atoms with Crippen LogP contribution in [0.5, 0.6) is 0 Å². The maximum absolute atomic E-state index is 6.14. The summed E-state index contributed by atoms with van der Waals surface area (Å²) < 4.78 is 0. The van der Waals surface area contributed by atoms with Gasteiger partial charge in [0.25, 0.3) is 0 Å². The van der Waals surface area contributed by atoms with E-state index in [0.717, 1.165) is 41.2 Å². The zero-order valence-corrected chi connectivity index (χ0v) is 14.9. The molecule has 4 heteroatoms. The molecule has 0 bridgehead atoms. The molecule has 2 heterocycles. The molecule has 3 rings (SSSR count). The van der Waals surface area contributed by atoms with E-state index in [1.807, 2.05) is 54.6 Å². The Labute approximate surface area is 153 Å². The van der Waals surface area contributed by atoms with Crippen molar-refractivity contribution in [3.05, 3.63) is 83.3 Å². The molecule has 1 aromatic carbocycles. The Morgan fingerprint density at radius 3 is 2.96 bits per heavy atom. The van der Waals surface area contributed by atoms with Crippen LogP contribution < -0.4 is 5.32 Å². The largest absolute Gasteiger partial charge is 0.340 e. The molecule has 0 amide bonds. The zero-order chi connectivity index (χ0) is 17.5. The van der Waals surface area contributed by atoms with Crippen LogP contribution in [-0.2, 0) is 0 Å². The van der Waals surface area contributed by atoms with Crippen molar-refractivity contribution in [2.45, 2.75) is 19.8 Å². The highest BCUT2D eigenvalue weighted by atomic mass is 35.5. The fourth-order valence-electron chi connectivity index (χ4n) is 2.56. The highest BCUT2D eigenvalue weighted by molar-refractivity contribution is 6.30. The molecule has 2 aromatic rings. The predicted octanol–water partition coefficient (Wildman–Crippen LogP) is 5.61. The molecule has 3 nitrogen and oxygen atoms in total. The summed E-state index contributed by atoms with van der Waals surface area (Å²) in [5, 5.41) is 4.07. The van der Waals surface area contributed by atoms with Crippen LogP contribution in [0.25, 0.3) is 17.0 Å². The molecule has 0 saturated carbocycles. The van der Waals surface area contributed by atoms with E-state index in [1.54, 1.807) is 12.4 Å². The Balaban J connectivity index is 1.90. The summed E-state index contributed by atoms with van der Waals surface area (Å²) >= 11 is 6.14. The second-order valence-corrected chi connectivity index (χ2v) is 6.10. The van der Waals surface area contributed by atoms with Gasteiger partial charge in [0.1, 0.15) is 5.82 Å². The van der Waals surface area contributed by atoms with Crippen molar-refractivity contribution in [2.24, 2.45) is 4.99 Å². The normalized spacial score (nSPS) is 15.4. The summed E-state index contributed by atoms with van der Waals surface area (Å²) in [7, 11) is 0. The van der Waals surface area contributed by atoms with E-state index >= 15 is 0 Å². The first-order valence-corrected chi connectivity index (χ1v) is 8.75. The molecule has 1 aliphatic rings. The van der Waals surface area contributed by atoms with E-state index in [1.165, 1.54) is 0 Å². The van der Waals surface area contributed by atoms with Crippen LogP contribution in [0.2, 0.25) is 5.02 Å². The number of pyridine rings is 1. The van der Waals surface area contributed by atoms with Crippen molar-refractivity contribution < 1.29 is 0 Å². The highest BCUT2D eigenvalue weighted by Gasteiger charge is 2.13. The van der Waals surface area contributed by atoms with Crippen molar-refractivity contribution in [2.75, 3.05) is 0 Å². The smallest absolute Gasteiger partial charge is 0.130 e. The first-order valence-electron chi connectivity index (χ1n) is 8.37. The molecule has 1 aliphatic heterocycles. The molecule has 0 aliphatic carbocycles. The summed E-state index contributed by atoms with van der Waals surface area (Å²) in [6.07, 6.45) is 13.9. The second-order valence-electron chi connectivity index (χ2n) is 5.66. The van der Waals surface area contributed by atoms with Gasteiger partial charge in [0.05, 0.1) is 11.4 Å². The molecule has 0 radical (unpaired) electrons. The van der Waals surface area contributed by atoms with Crippen molar-refractivity contribution in [1.82, 2.24) is 10.3 Å². The lowest BCUT2D eigenvalue weighted by Crippen LogP contribution is -2.15. The van der Waals surface area contributed by atoms with Gasteiger partial charge in [-0.05, 0) is 42.8 Å². The average molecular weight is 350 g/mol. The number of aromatic nitrogens is 1. The van der Waals surface area contributed by atoms with Crippen molar-refractivity contribution >= 4 is 23.5 Å². The lowest BCUT2D eigenvalue weighted by atomic mass is 10.0. The Bertz CT molecular complexity index is 863. The summed E-state index contributed by atoms with van der Waals surface area (Å²) in [5.41, 5.74) is 3.86. The molecular weight excluding hydrogens is 330 g/mol. The summed E-state index contributed by atoms with van der Waals surface area (Å²) in [6.45, 7) is 2.16. The van der Waals surface area contributed by atoms with Crippen LogP contribution in [0.3, 0.4) is 0 Å². The predicted molar refractivity (Wildman–Crippen MR) is 106 cm³/mol. The second kappa shape index (κ2) is 8.45. The third-order valence-electron chi connectivity index (χ3n) is 3.76. The lowest BCUT2D eigenvalue weighted by Gasteiger charge is -2.17. The number of rotatable bonds is 5. The van der Waals surface area contributed by atoms with Gasteiger partial charge in [-0.15, -0.1) is 0 Å². The van der Waals surface area contributed by atoms with Crippen LogP contribution in [0.1, 0.15) is 25.3 Å². The monoisotopic (exact) mass is 349 g/mol. The van der Waals surface area contributed by atoms with Gasteiger partial charge in [0, 0.05) is 28.6 Å². The van der Waals surface area contributed by atoms with Gasteiger partial charge in [-0.3, -0.25) is 4.98 Å². The SMILES string of the molecule is CCC/C=C/C=C1\N=CC=C(c2cccnc2-c2cccc(Cl)c2)N1. The van der Waals surface area contributed by atoms with Crippen LogP contribution >= 0.6 is 11.6 Å². The van der Waals surface area contributed by atoms with E-state index in [-0.39, 0.29) is 0 Å². The number of nitrogens with one attached hydrogen (secondary N) is 1. The Hall–Kier alpha value is -2.65. The number of allylic oxidation sites excluding steroid dienone is 4. The van der Waals surface area contributed by atoms with Gasteiger partial charge in [-0.2, -0.15) is 0 Å². The maximum atomic E-state index is 6.14. The Morgan fingerprint density at radius 2 is 2.12 bits per heavy atom. The first-order chi connectivity index (χ1) is 12.3. The van der Waals surface area contributed by atoms with E-state index in [0.29, 0.717) is 5.02 Å². The molecule has 1 N–H and O–H groups in total. The van der Waals surface area contributed by atoms with Gasteiger partial charge in [0.15, 0.2) is 0 Å². The summed E-state index contributed by atoms with van der Waals surface area (Å²) in [5.74, 6) is 0.811. The number of hydrogen-bond acceptors (Lipinski definition) is 3. The minimum atomic E-state index is 0.697. The summed E-state index contributed by atoms with van der Waals surface area (Å²) in [4.78, 5) is 8.93. The van der Waals surface area contributed by atoms with Crippen molar-refractivity contribution in [1.29, 1.82) is 0 Å². The third kappa shape index (κ3) is 4.46. The molecule has 0 unspecified atom stereocenters. The zero-order valence-electron chi connectivity index (χ0n) is 14.1. The first kappa shape index (κ1) is 17.2. The summed E-state index contributed by atoms with van der Waals surface area (Å²) in [6, 6.07) is 11.7. The molecule has 0 fully saturated rings. The number of halogens is 1. The van der Waals surface area contributed by atoms with E-state index in [4.69, 9.17) is 11.6 Å². The molecule has 126 valence electrons. The lowest BCUT2D eigenvalue weighted by molar-refractivity contribution is 0.957. The van der Waals surface area contributed by atoms with Gasteiger partial charge >= 0.3 is 0 Å². The minimum Gasteiger partial charge on any atom is -0.340 e. The molecule has 0 atom stereocenters. The quantitative estimate of drug-likeness (QED) is 0.761. The van der Waals surface area contributed by atoms with Gasteiger partial charge in [0.2, 0.25) is 0 Å². The third-order valence-corrected chi connectivity index (χ3v) is 3.99. The molecule has 1 aromatic heterocycles. The van der Waals surface area contributed by atoms with Crippen LogP contribution in [0.4, 0.5) is 0 Å². The number of aliphatic imine (C=N–C) groups is 1. The van der Waals surface area contributed by atoms with Crippen molar-refractivity contribution in [3.63, 3.8) is 0 Å². The fraction of sp³-hybridized carbons (Fsp3) is 0.143. The minimum absolute atomic E-state index is 0.697. The molecule has 25 heavy (non-hydrogen) atoms. The van der Waals surface area contributed by atoms with Gasteiger partial charge in [-0.25, -0.2) is 4.99 Å². The van der Waals surface area contributed by atoms with Crippen molar-refractivity contribution in [3.8, 4) is 11.3 Å². The van der Waals surface area contributed by atoms with E-state index in [2.05, 4.69) is 28.3 Å². The van der Waals surface area contributed by atoms with E-state index < -0.39 is 0 Å². The standard InChI is InChI=1S/C21H20ClN3/c1-2-3-4-5-11-20-23-14-12-19(25-20)18-10-7-13-24-21(18)16-8-6-9-17(22)15-16/h4-15,25H,2-3H2,1H3/b5-4+,20-11+. The average Bonchev–Trinajstić information content (AvgIpc) is 2.65. The number of benzene rings is 1. The molecular formula is C21H20ClN3. The van der Waals surface area contributed by atoms with E-state index in [9.17, 15) is 0 Å². The fourth-order valence-corrected chi connectivity index (χ4v) is 2.75. The number of unbranched alkanes of at least 4 members (excludes halogenated alkanes) is 1. The maximum Gasteiger partial charge on any atom is 0.130 e. The molecule has 0 spiro atoms. The van der Waals surface area contributed by atoms with Gasteiger partial charge < -0.3 is 5.32 Å². The Kier molecular flexibility index (Phi) is 5.81. The Morgan fingerprint density at radius 1 is 1.20 bits per heavy atom. The number of nitrogens with zero attached hydrogens (tertiary/aromatic N) is 2. The van der Waals surface area contributed by atoms with Gasteiger partial charge in [-0.1, -0.05) is 49.2 Å².